The summed E-state index contributed by atoms with van der Waals surface area (Å²) in [7, 11) is 1.65. The van der Waals surface area contributed by atoms with Crippen LogP contribution in [0, 0.1) is 0 Å². The average Bonchev–Trinajstić information content (AvgIpc) is 2.49. The fraction of sp³-hybridized carbons (Fsp3) is 0.562. The Hall–Kier alpha value is -1.75. The number of carbonyl (C=O) groups is 1. The Bertz CT molecular complexity index is 477. The molecular formula is C16H24N2O3. The van der Waals surface area contributed by atoms with Gasteiger partial charge >= 0.3 is 0 Å². The highest BCUT2D eigenvalue weighted by Gasteiger charge is 2.18. The predicted molar refractivity (Wildman–Crippen MR) is 82.8 cm³/mol. The van der Waals surface area contributed by atoms with Crippen molar-refractivity contribution in [3.63, 3.8) is 0 Å². The largest absolute Gasteiger partial charge is 0.482 e. The second-order valence-electron chi connectivity index (χ2n) is 5.36. The van der Waals surface area contributed by atoms with Gasteiger partial charge in [-0.15, -0.1) is 0 Å². The third kappa shape index (κ3) is 4.63. The summed E-state index contributed by atoms with van der Waals surface area (Å²) < 4.78 is 10.6. The van der Waals surface area contributed by atoms with Crippen molar-refractivity contribution in [2.75, 3.05) is 32.2 Å². The molecule has 0 fully saturated rings. The van der Waals surface area contributed by atoms with E-state index in [4.69, 9.17) is 9.47 Å². The summed E-state index contributed by atoms with van der Waals surface area (Å²) in [6.07, 6.45) is 2.97. The number of fused-ring (bicyclic) bond motifs is 1. The molecule has 1 aromatic rings. The average molecular weight is 292 g/mol. The van der Waals surface area contributed by atoms with Gasteiger partial charge in [-0.05, 0) is 37.8 Å². The lowest BCUT2D eigenvalue weighted by Gasteiger charge is -2.26. The molecular weight excluding hydrogens is 268 g/mol. The van der Waals surface area contributed by atoms with Crippen LogP contribution in [0.1, 0.15) is 25.3 Å². The Kier molecular flexibility index (Phi) is 5.87. The van der Waals surface area contributed by atoms with Gasteiger partial charge in [-0.25, -0.2) is 0 Å². The van der Waals surface area contributed by atoms with Crippen LogP contribution in [0.25, 0.3) is 0 Å². The molecule has 0 bridgehead atoms. The molecule has 0 aliphatic carbocycles. The van der Waals surface area contributed by atoms with E-state index in [9.17, 15) is 4.79 Å². The summed E-state index contributed by atoms with van der Waals surface area (Å²) in [5.41, 5.74) is 2.29. The fourth-order valence-electron chi connectivity index (χ4n) is 2.40. The molecule has 1 aromatic carbocycles. The number of nitrogens with one attached hydrogen (secondary N) is 2. The van der Waals surface area contributed by atoms with E-state index in [1.165, 1.54) is 5.56 Å². The van der Waals surface area contributed by atoms with Crippen LogP contribution in [0.15, 0.2) is 18.2 Å². The second kappa shape index (κ2) is 7.88. The van der Waals surface area contributed by atoms with Crippen LogP contribution in [0.5, 0.6) is 5.75 Å². The Morgan fingerprint density at radius 3 is 3.14 bits per heavy atom. The molecule has 0 spiro atoms. The Morgan fingerprint density at radius 1 is 1.48 bits per heavy atom. The highest BCUT2D eigenvalue weighted by Crippen LogP contribution is 2.33. The van der Waals surface area contributed by atoms with E-state index >= 15 is 0 Å². The molecule has 2 rings (SSSR count). The van der Waals surface area contributed by atoms with E-state index in [1.807, 2.05) is 12.1 Å². The number of rotatable bonds is 7. The number of para-hydroxylation sites is 1. The van der Waals surface area contributed by atoms with Crippen molar-refractivity contribution in [2.45, 2.75) is 32.2 Å². The molecule has 5 nitrogen and oxygen atoms in total. The van der Waals surface area contributed by atoms with E-state index < -0.39 is 0 Å². The molecule has 1 amide bonds. The molecule has 1 aliphatic heterocycles. The monoisotopic (exact) mass is 292 g/mol. The van der Waals surface area contributed by atoms with Gasteiger partial charge in [-0.3, -0.25) is 4.79 Å². The summed E-state index contributed by atoms with van der Waals surface area (Å²) >= 11 is 0. The van der Waals surface area contributed by atoms with Gasteiger partial charge < -0.3 is 20.1 Å². The van der Waals surface area contributed by atoms with E-state index in [1.54, 1.807) is 7.11 Å². The number of hydrogen-bond donors (Lipinski definition) is 2. The zero-order valence-electron chi connectivity index (χ0n) is 12.8. The maximum absolute atomic E-state index is 11.7. The molecule has 1 atom stereocenters. The maximum Gasteiger partial charge on any atom is 0.257 e. The normalized spacial score (nSPS) is 16.8. The lowest BCUT2D eigenvalue weighted by Crippen LogP contribution is -2.30. The van der Waals surface area contributed by atoms with Gasteiger partial charge in [0, 0.05) is 26.3 Å². The molecule has 2 N–H and O–H groups in total. The number of benzene rings is 1. The van der Waals surface area contributed by atoms with E-state index in [-0.39, 0.29) is 12.5 Å². The van der Waals surface area contributed by atoms with Crippen molar-refractivity contribution in [1.82, 2.24) is 5.32 Å². The van der Waals surface area contributed by atoms with Crippen LogP contribution < -0.4 is 15.4 Å². The Labute approximate surface area is 126 Å². The molecule has 1 heterocycles. The third-order valence-corrected chi connectivity index (χ3v) is 3.56. The Morgan fingerprint density at radius 2 is 2.33 bits per heavy atom. The number of amides is 1. The molecule has 21 heavy (non-hydrogen) atoms. The minimum absolute atomic E-state index is 0.0412. The summed E-state index contributed by atoms with van der Waals surface area (Å²) in [6.45, 7) is 3.45. The first-order chi connectivity index (χ1) is 10.2. The first-order valence-electron chi connectivity index (χ1n) is 7.47. The topological polar surface area (TPSA) is 59.6 Å². The van der Waals surface area contributed by atoms with Gasteiger partial charge in [-0.1, -0.05) is 12.1 Å². The van der Waals surface area contributed by atoms with Crippen molar-refractivity contribution < 1.29 is 14.3 Å². The van der Waals surface area contributed by atoms with Crippen LogP contribution in [0.4, 0.5) is 5.69 Å². The van der Waals surface area contributed by atoms with Gasteiger partial charge in [0.05, 0.1) is 5.69 Å². The smallest absolute Gasteiger partial charge is 0.257 e. The molecule has 0 saturated carbocycles. The molecule has 116 valence electrons. The summed E-state index contributed by atoms with van der Waals surface area (Å²) in [5, 5.41) is 6.25. The first kappa shape index (κ1) is 15.6. The summed E-state index contributed by atoms with van der Waals surface area (Å²) in [4.78, 5) is 11.7. The standard InChI is InChI=1S/C16H24N2O3/c1-12-7-8-13-5-3-6-14(16(13)18-12)21-11-15(19)17-9-4-10-20-2/h3,5-6,12,18H,4,7-11H2,1-2H3,(H,17,19). The number of methoxy groups -OCH3 is 1. The van der Waals surface area contributed by atoms with Gasteiger partial charge in [0.1, 0.15) is 5.75 Å². The van der Waals surface area contributed by atoms with Crippen molar-refractivity contribution in [3.05, 3.63) is 23.8 Å². The van der Waals surface area contributed by atoms with Crippen molar-refractivity contribution >= 4 is 11.6 Å². The Balaban J connectivity index is 1.84. The number of ether oxygens (including phenoxy) is 2. The zero-order valence-corrected chi connectivity index (χ0v) is 12.8. The van der Waals surface area contributed by atoms with Crippen LogP contribution in [-0.4, -0.2) is 38.8 Å². The minimum Gasteiger partial charge on any atom is -0.482 e. The molecule has 1 unspecified atom stereocenters. The molecule has 0 aromatic heterocycles. The number of anilines is 1. The highest BCUT2D eigenvalue weighted by atomic mass is 16.5. The number of carbonyl (C=O) groups excluding carboxylic acids is 1. The third-order valence-electron chi connectivity index (χ3n) is 3.56. The van der Waals surface area contributed by atoms with Gasteiger partial charge in [-0.2, -0.15) is 0 Å². The number of aryl methyl sites for hydroxylation is 1. The first-order valence-corrected chi connectivity index (χ1v) is 7.47. The van der Waals surface area contributed by atoms with Gasteiger partial charge in [0.2, 0.25) is 0 Å². The predicted octanol–water partition coefficient (Wildman–Crippen LogP) is 1.96. The molecule has 0 saturated heterocycles. The lowest BCUT2D eigenvalue weighted by molar-refractivity contribution is -0.123. The van der Waals surface area contributed by atoms with E-state index in [0.29, 0.717) is 19.2 Å². The van der Waals surface area contributed by atoms with Crippen molar-refractivity contribution in [3.8, 4) is 5.75 Å². The van der Waals surface area contributed by atoms with Crippen molar-refractivity contribution in [2.24, 2.45) is 0 Å². The maximum atomic E-state index is 11.7. The zero-order chi connectivity index (χ0) is 15.1. The highest BCUT2D eigenvalue weighted by molar-refractivity contribution is 5.78. The van der Waals surface area contributed by atoms with Crippen LogP contribution in [0.2, 0.25) is 0 Å². The summed E-state index contributed by atoms with van der Waals surface area (Å²) in [5.74, 6) is 0.652. The lowest BCUT2D eigenvalue weighted by atomic mass is 9.98. The van der Waals surface area contributed by atoms with Crippen molar-refractivity contribution in [1.29, 1.82) is 0 Å². The molecule has 5 heteroatoms. The second-order valence-corrected chi connectivity index (χ2v) is 5.36. The molecule has 1 aliphatic rings. The van der Waals surface area contributed by atoms with Gasteiger partial charge in [0.15, 0.2) is 6.61 Å². The molecule has 0 radical (unpaired) electrons. The van der Waals surface area contributed by atoms with E-state index in [0.717, 1.165) is 30.7 Å². The minimum atomic E-state index is -0.104. The SMILES string of the molecule is COCCCNC(=O)COc1cccc2c1NC(C)CC2. The van der Waals surface area contributed by atoms with E-state index in [2.05, 4.69) is 23.6 Å². The summed E-state index contributed by atoms with van der Waals surface area (Å²) in [6, 6.07) is 6.42. The quantitative estimate of drug-likeness (QED) is 0.754. The van der Waals surface area contributed by atoms with Crippen LogP contribution in [-0.2, 0) is 16.0 Å². The van der Waals surface area contributed by atoms with Crippen LogP contribution >= 0.6 is 0 Å². The fourth-order valence-corrected chi connectivity index (χ4v) is 2.40. The number of hydrogen-bond acceptors (Lipinski definition) is 4. The van der Waals surface area contributed by atoms with Gasteiger partial charge in [0.25, 0.3) is 5.91 Å². The van der Waals surface area contributed by atoms with Crippen LogP contribution in [0.3, 0.4) is 0 Å².